The smallest absolute Gasteiger partial charge is 0.329 e. The van der Waals surface area contributed by atoms with Crippen LogP contribution in [0.3, 0.4) is 0 Å². The van der Waals surface area contributed by atoms with E-state index in [1.165, 1.54) is 12.0 Å². The molecule has 0 aliphatic heterocycles. The largest absolute Gasteiger partial charge is 0.469 e. The topological polar surface area (TPSA) is 98.5 Å². The van der Waals surface area contributed by atoms with E-state index in [1.807, 2.05) is 0 Å². The second kappa shape index (κ2) is 7.26. The summed E-state index contributed by atoms with van der Waals surface area (Å²) in [5, 5.41) is 11.1. The van der Waals surface area contributed by atoms with Gasteiger partial charge in [0.15, 0.2) is 0 Å². The lowest BCUT2D eigenvalue weighted by Crippen LogP contribution is -2.45. The molecule has 0 N–H and O–H groups in total. The number of ether oxygens (including phenoxy) is 1. The fraction of sp³-hybridized carbons (Fsp3) is 0.667. The number of hydrogen-bond donors (Lipinski definition) is 0. The van der Waals surface area contributed by atoms with Gasteiger partial charge in [0.05, 0.1) is 17.4 Å². The minimum Gasteiger partial charge on any atom is -0.469 e. The molecule has 1 aliphatic carbocycles. The quantitative estimate of drug-likeness (QED) is 0.317. The van der Waals surface area contributed by atoms with Crippen LogP contribution in [0.15, 0.2) is 6.20 Å². The van der Waals surface area contributed by atoms with Crippen LogP contribution in [0.1, 0.15) is 33.1 Å². The fourth-order valence-corrected chi connectivity index (χ4v) is 3.15. The highest BCUT2D eigenvalue weighted by Gasteiger charge is 2.45. The molecule has 0 radical (unpaired) electrons. The molecule has 0 amide bonds. The molecule has 1 saturated carbocycles. The Hall–Kier alpha value is -2.10. The number of anilines is 1. The second-order valence-electron chi connectivity index (χ2n) is 6.86. The van der Waals surface area contributed by atoms with Crippen molar-refractivity contribution in [1.82, 2.24) is 9.97 Å². The van der Waals surface area contributed by atoms with Gasteiger partial charge in [0, 0.05) is 25.4 Å². The number of methoxy groups -OCH3 is 1. The van der Waals surface area contributed by atoms with Gasteiger partial charge in [-0.3, -0.25) is 14.9 Å². The normalized spacial score (nSPS) is 19.2. The van der Waals surface area contributed by atoms with Gasteiger partial charge in [-0.1, -0.05) is 0 Å². The molecule has 0 unspecified atom stereocenters. The highest BCUT2D eigenvalue weighted by Crippen LogP contribution is 2.41. The summed E-state index contributed by atoms with van der Waals surface area (Å²) in [5.74, 6) is -3.64. The van der Waals surface area contributed by atoms with E-state index in [4.69, 9.17) is 16.3 Å². The van der Waals surface area contributed by atoms with Crippen LogP contribution in [-0.2, 0) is 9.53 Å². The fourth-order valence-electron chi connectivity index (χ4n) is 3.02. The summed E-state index contributed by atoms with van der Waals surface area (Å²) < 4.78 is 32.3. The van der Waals surface area contributed by atoms with Crippen LogP contribution in [0, 0.1) is 15.5 Å². The van der Waals surface area contributed by atoms with Crippen molar-refractivity contribution in [3.63, 3.8) is 0 Å². The van der Waals surface area contributed by atoms with Crippen LogP contribution in [0.5, 0.6) is 0 Å². The Kier molecular flexibility index (Phi) is 5.64. The molecule has 144 valence electrons. The van der Waals surface area contributed by atoms with Crippen LogP contribution >= 0.6 is 11.6 Å². The SMILES string of the molecule is COC(=O)C(C)(C)CN(c1nc(Cl)ncc1[N+](=O)[O-])[C@@H]1CCC(F)(F)C1. The minimum absolute atomic E-state index is 0.100. The van der Waals surface area contributed by atoms with E-state index in [2.05, 4.69) is 9.97 Å². The summed E-state index contributed by atoms with van der Waals surface area (Å²) in [7, 11) is 1.21. The van der Waals surface area contributed by atoms with E-state index < -0.39 is 40.4 Å². The second-order valence-corrected chi connectivity index (χ2v) is 7.20. The maximum absolute atomic E-state index is 13.8. The summed E-state index contributed by atoms with van der Waals surface area (Å²) in [4.78, 5) is 31.5. The first-order chi connectivity index (χ1) is 12.0. The Morgan fingerprint density at radius 3 is 2.73 bits per heavy atom. The number of nitrogens with zero attached hydrogens (tertiary/aromatic N) is 4. The first-order valence-corrected chi connectivity index (χ1v) is 8.24. The summed E-state index contributed by atoms with van der Waals surface area (Å²) >= 11 is 5.78. The number of carbonyl (C=O) groups excluding carboxylic acids is 1. The molecule has 8 nitrogen and oxygen atoms in total. The van der Waals surface area contributed by atoms with Crippen molar-refractivity contribution in [2.75, 3.05) is 18.6 Å². The molecule has 1 aromatic heterocycles. The Morgan fingerprint density at radius 1 is 1.58 bits per heavy atom. The van der Waals surface area contributed by atoms with E-state index in [0.29, 0.717) is 0 Å². The van der Waals surface area contributed by atoms with Crippen molar-refractivity contribution in [2.24, 2.45) is 5.41 Å². The van der Waals surface area contributed by atoms with Gasteiger partial charge in [-0.2, -0.15) is 4.98 Å². The van der Waals surface area contributed by atoms with Gasteiger partial charge in [-0.15, -0.1) is 0 Å². The van der Waals surface area contributed by atoms with Crippen molar-refractivity contribution in [1.29, 1.82) is 0 Å². The van der Waals surface area contributed by atoms with Gasteiger partial charge in [0.1, 0.15) is 6.20 Å². The van der Waals surface area contributed by atoms with Gasteiger partial charge in [0.2, 0.25) is 17.0 Å². The molecule has 26 heavy (non-hydrogen) atoms. The molecule has 1 fully saturated rings. The molecule has 2 rings (SSSR count). The number of hydrogen-bond acceptors (Lipinski definition) is 7. The van der Waals surface area contributed by atoms with E-state index >= 15 is 0 Å². The number of alkyl halides is 2. The lowest BCUT2D eigenvalue weighted by atomic mass is 9.92. The van der Waals surface area contributed by atoms with E-state index in [1.54, 1.807) is 13.8 Å². The van der Waals surface area contributed by atoms with Crippen LogP contribution in [0.25, 0.3) is 0 Å². The zero-order valence-electron chi connectivity index (χ0n) is 14.5. The Morgan fingerprint density at radius 2 is 2.23 bits per heavy atom. The third-order valence-corrected chi connectivity index (χ3v) is 4.49. The lowest BCUT2D eigenvalue weighted by molar-refractivity contribution is -0.384. The monoisotopic (exact) mass is 392 g/mol. The minimum atomic E-state index is -2.88. The standard InChI is InChI=1S/C15H19ClF2N4O4/c1-14(2,12(23)26-3)8-21(9-4-5-15(17,18)6-9)11-10(22(24)25)7-19-13(16)20-11/h7,9H,4-6,8H2,1-3H3/t9-/m1/s1. The predicted molar refractivity (Wildman–Crippen MR) is 89.4 cm³/mol. The van der Waals surface area contributed by atoms with Crippen molar-refractivity contribution in [2.45, 2.75) is 45.1 Å². The first kappa shape index (κ1) is 20.2. The highest BCUT2D eigenvalue weighted by molar-refractivity contribution is 6.28. The maximum Gasteiger partial charge on any atom is 0.329 e. The van der Waals surface area contributed by atoms with Gasteiger partial charge < -0.3 is 9.64 Å². The summed E-state index contributed by atoms with van der Waals surface area (Å²) in [5.41, 5.74) is -1.58. The number of rotatable bonds is 6. The molecule has 0 saturated heterocycles. The number of halogens is 3. The Bertz CT molecular complexity index is 717. The molecule has 11 heteroatoms. The number of carbonyl (C=O) groups is 1. The molecular weight excluding hydrogens is 374 g/mol. The highest BCUT2D eigenvalue weighted by atomic mass is 35.5. The van der Waals surface area contributed by atoms with E-state index in [9.17, 15) is 23.7 Å². The summed E-state index contributed by atoms with van der Waals surface area (Å²) in [6.45, 7) is 3.02. The van der Waals surface area contributed by atoms with Gasteiger partial charge in [-0.25, -0.2) is 13.8 Å². The van der Waals surface area contributed by atoms with Gasteiger partial charge >= 0.3 is 11.7 Å². The van der Waals surface area contributed by atoms with E-state index in [0.717, 1.165) is 6.20 Å². The molecule has 1 aromatic rings. The predicted octanol–water partition coefficient (Wildman–Crippen LogP) is 3.23. The van der Waals surface area contributed by atoms with E-state index in [-0.39, 0.29) is 30.5 Å². The maximum atomic E-state index is 13.8. The summed E-state index contributed by atoms with van der Waals surface area (Å²) in [6.07, 6.45) is 0.182. The third kappa shape index (κ3) is 4.35. The molecule has 1 atom stereocenters. The van der Waals surface area contributed by atoms with Gasteiger partial charge in [0.25, 0.3) is 0 Å². The Labute approximate surface area is 153 Å². The van der Waals surface area contributed by atoms with Crippen molar-refractivity contribution in [3.8, 4) is 0 Å². The van der Waals surface area contributed by atoms with Crippen molar-refractivity contribution in [3.05, 3.63) is 21.6 Å². The average molecular weight is 393 g/mol. The number of nitro groups is 1. The van der Waals surface area contributed by atoms with Gasteiger partial charge in [-0.05, 0) is 31.9 Å². The number of esters is 1. The molecule has 1 aliphatic rings. The van der Waals surface area contributed by atoms with Crippen LogP contribution < -0.4 is 4.90 Å². The Balaban J connectivity index is 2.50. The van der Waals surface area contributed by atoms with Crippen molar-refractivity contribution >= 4 is 29.1 Å². The molecule has 0 aromatic carbocycles. The first-order valence-electron chi connectivity index (χ1n) is 7.87. The van der Waals surface area contributed by atoms with Crippen LogP contribution in [0.4, 0.5) is 20.3 Å². The summed E-state index contributed by atoms with van der Waals surface area (Å²) in [6, 6.07) is -0.737. The zero-order chi connectivity index (χ0) is 19.7. The molecule has 0 spiro atoms. The molecule has 1 heterocycles. The third-order valence-electron chi connectivity index (χ3n) is 4.31. The van der Waals surface area contributed by atoms with Crippen molar-refractivity contribution < 1.29 is 23.2 Å². The van der Waals surface area contributed by atoms with Crippen LogP contribution in [0.2, 0.25) is 5.28 Å². The zero-order valence-corrected chi connectivity index (χ0v) is 15.3. The van der Waals surface area contributed by atoms with Crippen LogP contribution in [-0.4, -0.2) is 46.5 Å². The number of aromatic nitrogens is 2. The molecule has 0 bridgehead atoms. The average Bonchev–Trinajstić information content (AvgIpc) is 2.91. The molecular formula is C15H19ClF2N4O4. The lowest BCUT2D eigenvalue weighted by Gasteiger charge is -2.35.